The van der Waals surface area contributed by atoms with Crippen LogP contribution in [-0.2, 0) is 0 Å². The molecule has 0 heterocycles. The van der Waals surface area contributed by atoms with E-state index in [0.717, 1.165) is 24.8 Å². The predicted molar refractivity (Wildman–Crippen MR) is 76.7 cm³/mol. The van der Waals surface area contributed by atoms with Crippen LogP contribution in [0.1, 0.15) is 38.7 Å². The Kier molecular flexibility index (Phi) is 6.57. The number of aliphatic hydroxyl groups is 1. The molecule has 1 aliphatic carbocycles. The third-order valence-corrected chi connectivity index (χ3v) is 3.30. The summed E-state index contributed by atoms with van der Waals surface area (Å²) in [6, 6.07) is 4.80. The van der Waals surface area contributed by atoms with Gasteiger partial charge in [-0.25, -0.2) is 4.39 Å². The zero-order chi connectivity index (χ0) is 14.3. The Morgan fingerprint density at radius 2 is 2.11 bits per heavy atom. The van der Waals surface area contributed by atoms with Gasteiger partial charge in [0.15, 0.2) is 0 Å². The van der Waals surface area contributed by atoms with Crippen LogP contribution in [0.15, 0.2) is 24.3 Å². The van der Waals surface area contributed by atoms with Crippen molar-refractivity contribution in [2.45, 2.75) is 33.1 Å². The van der Waals surface area contributed by atoms with Gasteiger partial charge in [-0.1, -0.05) is 19.9 Å². The van der Waals surface area contributed by atoms with Gasteiger partial charge >= 0.3 is 0 Å². The molecule has 0 fully saturated rings. The first-order valence-corrected chi connectivity index (χ1v) is 6.88. The van der Waals surface area contributed by atoms with Crippen molar-refractivity contribution >= 4 is 5.57 Å². The largest absolute Gasteiger partial charge is 0.497 e. The van der Waals surface area contributed by atoms with Crippen LogP contribution in [0.3, 0.4) is 0 Å². The molecule has 0 aromatic heterocycles. The van der Waals surface area contributed by atoms with E-state index in [9.17, 15) is 4.39 Å². The van der Waals surface area contributed by atoms with Gasteiger partial charge in [0.1, 0.15) is 11.6 Å². The number of hydrogen-bond acceptors (Lipinski definition) is 2. The van der Waals surface area contributed by atoms with Crippen molar-refractivity contribution in [2.75, 3.05) is 13.7 Å². The van der Waals surface area contributed by atoms with Crippen LogP contribution in [0.2, 0.25) is 0 Å². The number of benzene rings is 1. The lowest BCUT2D eigenvalue weighted by Gasteiger charge is -2.20. The molecular formula is C16H23FO2. The minimum atomic E-state index is -0.209. The average Bonchev–Trinajstić information content (AvgIpc) is 2.50. The Hall–Kier alpha value is -1.35. The summed E-state index contributed by atoms with van der Waals surface area (Å²) >= 11 is 0. The molecule has 0 bridgehead atoms. The maximum absolute atomic E-state index is 13.7. The van der Waals surface area contributed by atoms with E-state index in [2.05, 4.69) is 0 Å². The predicted octanol–water partition coefficient (Wildman–Crippen LogP) is 4.04. The zero-order valence-electron chi connectivity index (χ0n) is 11.9. The Morgan fingerprint density at radius 3 is 2.63 bits per heavy atom. The van der Waals surface area contributed by atoms with Crippen LogP contribution in [-0.4, -0.2) is 18.8 Å². The Labute approximate surface area is 114 Å². The van der Waals surface area contributed by atoms with Crippen molar-refractivity contribution in [3.63, 3.8) is 0 Å². The van der Waals surface area contributed by atoms with Crippen LogP contribution in [0.4, 0.5) is 4.39 Å². The summed E-state index contributed by atoms with van der Waals surface area (Å²) in [7, 11) is 1.58. The van der Waals surface area contributed by atoms with Crippen LogP contribution >= 0.6 is 0 Å². The number of halogens is 1. The highest BCUT2D eigenvalue weighted by Crippen LogP contribution is 2.32. The first kappa shape index (κ1) is 15.7. The zero-order valence-corrected chi connectivity index (χ0v) is 11.9. The van der Waals surface area contributed by atoms with E-state index in [4.69, 9.17) is 9.84 Å². The van der Waals surface area contributed by atoms with Gasteiger partial charge in [0.25, 0.3) is 0 Å². The van der Waals surface area contributed by atoms with E-state index >= 15 is 0 Å². The molecule has 2 nitrogen and oxygen atoms in total. The summed E-state index contributed by atoms with van der Waals surface area (Å²) in [5, 5.41) is 9.06. The second kappa shape index (κ2) is 7.95. The van der Waals surface area contributed by atoms with Gasteiger partial charge in [-0.2, -0.15) is 0 Å². The summed E-state index contributed by atoms with van der Waals surface area (Å²) < 4.78 is 18.8. The van der Waals surface area contributed by atoms with Gasteiger partial charge in [-0.05, 0) is 49.0 Å². The highest BCUT2D eigenvalue weighted by atomic mass is 19.1. The Bertz CT molecular complexity index is 427. The van der Waals surface area contributed by atoms with Gasteiger partial charge in [0, 0.05) is 12.2 Å². The number of methoxy groups -OCH3 is 1. The first-order chi connectivity index (χ1) is 9.24. The SMILES string of the molecule is CC.COc1ccc(F)c(C2=CCC(CO)CC2)c1. The molecule has 3 heteroatoms. The Balaban J connectivity index is 0.000000861. The average molecular weight is 266 g/mol. The van der Waals surface area contributed by atoms with Gasteiger partial charge < -0.3 is 9.84 Å². The molecule has 0 saturated heterocycles. The second-order valence-electron chi connectivity index (χ2n) is 4.40. The van der Waals surface area contributed by atoms with Crippen LogP contribution < -0.4 is 4.74 Å². The fraction of sp³-hybridized carbons (Fsp3) is 0.500. The van der Waals surface area contributed by atoms with Crippen molar-refractivity contribution in [1.82, 2.24) is 0 Å². The second-order valence-corrected chi connectivity index (χ2v) is 4.40. The Morgan fingerprint density at radius 1 is 1.37 bits per heavy atom. The van der Waals surface area contributed by atoms with Gasteiger partial charge in [-0.15, -0.1) is 0 Å². The third kappa shape index (κ3) is 4.06. The quantitative estimate of drug-likeness (QED) is 0.894. The number of hydrogen-bond donors (Lipinski definition) is 1. The maximum atomic E-state index is 13.7. The molecule has 106 valence electrons. The minimum absolute atomic E-state index is 0.209. The minimum Gasteiger partial charge on any atom is -0.497 e. The summed E-state index contributed by atoms with van der Waals surface area (Å²) in [6.07, 6.45) is 4.58. The fourth-order valence-corrected chi connectivity index (χ4v) is 2.18. The standard InChI is InChI=1S/C14H17FO2.C2H6/c1-17-12-6-7-14(15)13(8-12)11-4-2-10(9-16)3-5-11;1-2/h4,6-8,10,16H,2-3,5,9H2,1H3;1-2H3. The molecule has 2 rings (SSSR count). The monoisotopic (exact) mass is 266 g/mol. The van der Waals surface area contributed by atoms with E-state index in [1.54, 1.807) is 19.2 Å². The van der Waals surface area contributed by atoms with Crippen molar-refractivity contribution in [3.05, 3.63) is 35.7 Å². The molecule has 19 heavy (non-hydrogen) atoms. The van der Waals surface area contributed by atoms with Gasteiger partial charge in [0.05, 0.1) is 7.11 Å². The van der Waals surface area contributed by atoms with Crippen LogP contribution in [0.25, 0.3) is 5.57 Å². The van der Waals surface area contributed by atoms with E-state index < -0.39 is 0 Å². The van der Waals surface area contributed by atoms with Crippen molar-refractivity contribution < 1.29 is 14.2 Å². The summed E-state index contributed by atoms with van der Waals surface area (Å²) in [4.78, 5) is 0. The molecule has 0 spiro atoms. The molecule has 0 aliphatic heterocycles. The molecular weight excluding hydrogens is 243 g/mol. The van der Waals surface area contributed by atoms with Crippen molar-refractivity contribution in [2.24, 2.45) is 5.92 Å². The third-order valence-electron chi connectivity index (χ3n) is 3.30. The molecule has 1 atom stereocenters. The highest BCUT2D eigenvalue weighted by molar-refractivity contribution is 5.67. The molecule has 1 aromatic carbocycles. The summed E-state index contributed by atoms with van der Waals surface area (Å²) in [5.74, 6) is 0.790. The number of aliphatic hydroxyl groups excluding tert-OH is 1. The number of ether oxygens (including phenoxy) is 1. The number of rotatable bonds is 3. The smallest absolute Gasteiger partial charge is 0.130 e. The molecule has 0 amide bonds. The molecule has 1 unspecified atom stereocenters. The summed E-state index contributed by atoms with van der Waals surface area (Å²) in [5.41, 5.74) is 1.65. The molecule has 1 aromatic rings. The highest BCUT2D eigenvalue weighted by Gasteiger charge is 2.17. The molecule has 0 radical (unpaired) electrons. The van der Waals surface area contributed by atoms with Crippen molar-refractivity contribution in [1.29, 1.82) is 0 Å². The van der Waals surface area contributed by atoms with Gasteiger partial charge in [-0.3, -0.25) is 0 Å². The lowest BCUT2D eigenvalue weighted by Crippen LogP contribution is -2.09. The normalized spacial score (nSPS) is 18.2. The van der Waals surface area contributed by atoms with Crippen LogP contribution in [0.5, 0.6) is 5.75 Å². The lowest BCUT2D eigenvalue weighted by atomic mass is 9.87. The van der Waals surface area contributed by atoms with E-state index in [0.29, 0.717) is 17.2 Å². The number of allylic oxidation sites excluding steroid dienone is 2. The topological polar surface area (TPSA) is 29.5 Å². The van der Waals surface area contributed by atoms with Gasteiger partial charge in [0.2, 0.25) is 0 Å². The van der Waals surface area contributed by atoms with Crippen molar-refractivity contribution in [3.8, 4) is 5.75 Å². The molecule has 1 N–H and O–H groups in total. The van der Waals surface area contributed by atoms with E-state index in [1.807, 2.05) is 19.9 Å². The fourth-order valence-electron chi connectivity index (χ4n) is 2.18. The molecule has 1 aliphatic rings. The van der Waals surface area contributed by atoms with E-state index in [-0.39, 0.29) is 12.4 Å². The first-order valence-electron chi connectivity index (χ1n) is 6.88. The van der Waals surface area contributed by atoms with Crippen LogP contribution in [0, 0.1) is 11.7 Å². The van der Waals surface area contributed by atoms with E-state index in [1.165, 1.54) is 6.07 Å². The maximum Gasteiger partial charge on any atom is 0.130 e. The summed E-state index contributed by atoms with van der Waals surface area (Å²) in [6.45, 7) is 4.21. The molecule has 0 saturated carbocycles. The lowest BCUT2D eigenvalue weighted by molar-refractivity contribution is 0.218.